The number of carbonyl (C=O) groups excluding carboxylic acids is 1. The van der Waals surface area contributed by atoms with E-state index in [1.54, 1.807) is 7.11 Å². The molecule has 0 aromatic rings. The van der Waals surface area contributed by atoms with Crippen molar-refractivity contribution in [1.82, 2.24) is 5.32 Å². The number of ether oxygens (including phenoxy) is 1. The zero-order valence-corrected chi connectivity index (χ0v) is 12.3. The number of carbonyl (C=O) groups is 1. The standard InChI is InChI=1S/C13H24BrNO2/c1-17-10-12(9-14)15-13(16)11-7-5-3-2-4-6-8-11/h11-12H,2-10H2,1H3,(H,15,16). The lowest BCUT2D eigenvalue weighted by Gasteiger charge is -2.22. The molecular formula is C13H24BrNO2. The van der Waals surface area contributed by atoms with Gasteiger partial charge in [-0.25, -0.2) is 0 Å². The highest BCUT2D eigenvalue weighted by atomic mass is 79.9. The quantitative estimate of drug-likeness (QED) is 0.793. The number of hydrogen-bond acceptors (Lipinski definition) is 2. The smallest absolute Gasteiger partial charge is 0.223 e. The highest BCUT2D eigenvalue weighted by Crippen LogP contribution is 2.22. The first kappa shape index (κ1) is 15.0. The number of hydrogen-bond donors (Lipinski definition) is 1. The number of nitrogens with one attached hydrogen (secondary N) is 1. The van der Waals surface area contributed by atoms with Gasteiger partial charge in [-0.05, 0) is 12.8 Å². The van der Waals surface area contributed by atoms with Crippen molar-refractivity contribution in [2.45, 2.75) is 51.0 Å². The van der Waals surface area contributed by atoms with Crippen LogP contribution in [0.5, 0.6) is 0 Å². The molecule has 0 spiro atoms. The van der Waals surface area contributed by atoms with E-state index in [0.717, 1.165) is 18.2 Å². The van der Waals surface area contributed by atoms with Crippen LogP contribution in [0.25, 0.3) is 0 Å². The van der Waals surface area contributed by atoms with Gasteiger partial charge in [-0.1, -0.05) is 48.0 Å². The van der Waals surface area contributed by atoms with Crippen molar-refractivity contribution >= 4 is 21.8 Å². The largest absolute Gasteiger partial charge is 0.383 e. The molecule has 0 aromatic heterocycles. The molecule has 0 heterocycles. The van der Waals surface area contributed by atoms with Crippen LogP contribution in [-0.2, 0) is 9.53 Å². The normalized spacial score (nSPS) is 20.4. The molecule has 1 aliphatic rings. The van der Waals surface area contributed by atoms with E-state index < -0.39 is 0 Å². The molecule has 1 fully saturated rings. The lowest BCUT2D eigenvalue weighted by Crippen LogP contribution is -2.42. The van der Waals surface area contributed by atoms with Gasteiger partial charge in [0.15, 0.2) is 0 Å². The third kappa shape index (κ3) is 5.87. The molecule has 17 heavy (non-hydrogen) atoms. The number of methoxy groups -OCH3 is 1. The summed E-state index contributed by atoms with van der Waals surface area (Å²) in [7, 11) is 1.66. The molecule has 100 valence electrons. The Morgan fingerprint density at radius 1 is 1.29 bits per heavy atom. The summed E-state index contributed by atoms with van der Waals surface area (Å²) in [5.74, 6) is 0.433. The Morgan fingerprint density at radius 3 is 2.41 bits per heavy atom. The van der Waals surface area contributed by atoms with Gasteiger partial charge in [-0.15, -0.1) is 0 Å². The fraction of sp³-hybridized carbons (Fsp3) is 0.923. The fourth-order valence-electron chi connectivity index (χ4n) is 2.36. The number of rotatable bonds is 5. The van der Waals surface area contributed by atoms with Crippen molar-refractivity contribution < 1.29 is 9.53 Å². The van der Waals surface area contributed by atoms with Crippen LogP contribution in [0.1, 0.15) is 44.9 Å². The van der Waals surface area contributed by atoms with E-state index in [1.807, 2.05) is 0 Å². The van der Waals surface area contributed by atoms with E-state index in [2.05, 4.69) is 21.2 Å². The van der Waals surface area contributed by atoms with E-state index in [1.165, 1.54) is 32.1 Å². The minimum Gasteiger partial charge on any atom is -0.383 e. The molecule has 1 unspecified atom stereocenters. The van der Waals surface area contributed by atoms with Crippen molar-refractivity contribution in [2.75, 3.05) is 19.0 Å². The SMILES string of the molecule is COCC(CBr)NC(=O)C1CCCCCCC1. The summed E-state index contributed by atoms with van der Waals surface area (Å²) < 4.78 is 5.08. The van der Waals surface area contributed by atoms with Gasteiger partial charge in [-0.3, -0.25) is 4.79 Å². The highest BCUT2D eigenvalue weighted by molar-refractivity contribution is 9.09. The predicted octanol–water partition coefficient (Wildman–Crippen LogP) is 2.87. The predicted molar refractivity (Wildman–Crippen MR) is 73.4 cm³/mol. The van der Waals surface area contributed by atoms with Crippen LogP contribution >= 0.6 is 15.9 Å². The first-order valence-electron chi connectivity index (χ1n) is 6.63. The van der Waals surface area contributed by atoms with E-state index in [0.29, 0.717) is 6.61 Å². The second-order valence-corrected chi connectivity index (χ2v) is 5.50. The second kappa shape index (κ2) is 8.92. The van der Waals surface area contributed by atoms with Crippen molar-refractivity contribution in [3.8, 4) is 0 Å². The van der Waals surface area contributed by atoms with E-state index in [4.69, 9.17) is 4.74 Å². The minimum atomic E-state index is 0.0953. The number of amides is 1. The molecule has 0 bridgehead atoms. The van der Waals surface area contributed by atoms with Crippen LogP contribution in [0.15, 0.2) is 0 Å². The molecule has 1 saturated carbocycles. The molecule has 1 rings (SSSR count). The minimum absolute atomic E-state index is 0.0953. The highest BCUT2D eigenvalue weighted by Gasteiger charge is 2.21. The Balaban J connectivity index is 2.37. The van der Waals surface area contributed by atoms with Crippen LogP contribution < -0.4 is 5.32 Å². The van der Waals surface area contributed by atoms with E-state index in [9.17, 15) is 4.79 Å². The Labute approximate surface area is 113 Å². The molecule has 0 aliphatic heterocycles. The summed E-state index contributed by atoms with van der Waals surface area (Å²) in [6.07, 6.45) is 8.39. The first-order chi connectivity index (χ1) is 8.27. The summed E-state index contributed by atoms with van der Waals surface area (Å²) in [5, 5.41) is 3.82. The summed E-state index contributed by atoms with van der Waals surface area (Å²) >= 11 is 3.40. The van der Waals surface area contributed by atoms with Gasteiger partial charge >= 0.3 is 0 Å². The van der Waals surface area contributed by atoms with Crippen molar-refractivity contribution in [3.05, 3.63) is 0 Å². The van der Waals surface area contributed by atoms with Gasteiger partial charge in [0, 0.05) is 18.4 Å². The van der Waals surface area contributed by atoms with Crippen LogP contribution in [0.4, 0.5) is 0 Å². The van der Waals surface area contributed by atoms with Crippen molar-refractivity contribution in [3.63, 3.8) is 0 Å². The molecule has 4 heteroatoms. The van der Waals surface area contributed by atoms with Gasteiger partial charge < -0.3 is 10.1 Å². The van der Waals surface area contributed by atoms with Crippen molar-refractivity contribution in [1.29, 1.82) is 0 Å². The van der Waals surface area contributed by atoms with Gasteiger partial charge in [0.25, 0.3) is 0 Å². The maximum absolute atomic E-state index is 12.1. The molecule has 0 aromatic carbocycles. The van der Waals surface area contributed by atoms with Gasteiger partial charge in [0.2, 0.25) is 5.91 Å². The second-order valence-electron chi connectivity index (χ2n) is 4.86. The first-order valence-corrected chi connectivity index (χ1v) is 7.75. The number of halogens is 1. The Hall–Kier alpha value is -0.0900. The van der Waals surface area contributed by atoms with E-state index >= 15 is 0 Å². The molecule has 1 aliphatic carbocycles. The van der Waals surface area contributed by atoms with Crippen LogP contribution in [-0.4, -0.2) is 31.0 Å². The Kier molecular flexibility index (Phi) is 7.86. The molecule has 1 atom stereocenters. The topological polar surface area (TPSA) is 38.3 Å². The summed E-state index contributed by atoms with van der Waals surface area (Å²) in [4.78, 5) is 12.1. The Bertz CT molecular complexity index is 215. The van der Waals surface area contributed by atoms with Crippen LogP contribution in [0.3, 0.4) is 0 Å². The number of alkyl halides is 1. The van der Waals surface area contributed by atoms with Crippen molar-refractivity contribution in [2.24, 2.45) is 5.92 Å². The molecular weight excluding hydrogens is 282 g/mol. The maximum atomic E-state index is 12.1. The monoisotopic (exact) mass is 305 g/mol. The lowest BCUT2D eigenvalue weighted by atomic mass is 9.90. The summed E-state index contributed by atoms with van der Waals surface area (Å²) in [5.41, 5.74) is 0. The Morgan fingerprint density at radius 2 is 1.88 bits per heavy atom. The summed E-state index contributed by atoms with van der Waals surface area (Å²) in [6, 6.07) is 0.0953. The van der Waals surface area contributed by atoms with Gasteiger partial charge in [0.05, 0.1) is 12.6 Å². The lowest BCUT2D eigenvalue weighted by molar-refractivity contribution is -0.126. The molecule has 0 radical (unpaired) electrons. The fourth-order valence-corrected chi connectivity index (χ4v) is 2.71. The average molecular weight is 306 g/mol. The van der Waals surface area contributed by atoms with Crippen LogP contribution in [0.2, 0.25) is 0 Å². The third-order valence-electron chi connectivity index (χ3n) is 3.38. The van der Waals surface area contributed by atoms with E-state index in [-0.39, 0.29) is 17.9 Å². The van der Waals surface area contributed by atoms with Crippen LogP contribution in [0, 0.1) is 5.92 Å². The molecule has 0 saturated heterocycles. The van der Waals surface area contributed by atoms with Gasteiger partial charge in [-0.2, -0.15) is 0 Å². The third-order valence-corrected chi connectivity index (χ3v) is 4.16. The van der Waals surface area contributed by atoms with Gasteiger partial charge in [0.1, 0.15) is 0 Å². The molecule has 1 N–H and O–H groups in total. The molecule has 1 amide bonds. The average Bonchev–Trinajstić information content (AvgIpc) is 2.27. The molecule has 3 nitrogen and oxygen atoms in total. The zero-order valence-electron chi connectivity index (χ0n) is 10.7. The zero-order chi connectivity index (χ0) is 12.5. The maximum Gasteiger partial charge on any atom is 0.223 e. The summed E-state index contributed by atoms with van der Waals surface area (Å²) in [6.45, 7) is 0.573.